The third-order valence-electron chi connectivity index (χ3n) is 32.8. The molecule has 0 saturated heterocycles. The van der Waals surface area contributed by atoms with Gasteiger partial charge in [0.1, 0.15) is 56.0 Å². The van der Waals surface area contributed by atoms with Gasteiger partial charge in [0.15, 0.2) is 0 Å². The van der Waals surface area contributed by atoms with Gasteiger partial charge in [0.2, 0.25) is 0 Å². The highest BCUT2D eigenvalue weighted by atomic mass is 16.6. The summed E-state index contributed by atoms with van der Waals surface area (Å²) in [6.07, 6.45) is 41.7. The Balaban J connectivity index is -0.000000372. The van der Waals surface area contributed by atoms with Gasteiger partial charge in [-0.2, -0.15) is 0 Å². The van der Waals surface area contributed by atoms with E-state index in [1.165, 1.54) is 128 Å². The molecular formula is C125H242O20. The number of carbonyl (C=O) groups excluding carboxylic acids is 10. The summed E-state index contributed by atoms with van der Waals surface area (Å²) in [5, 5.41) is 0. The van der Waals surface area contributed by atoms with Crippen LogP contribution in [0, 0.1) is 79.8 Å². The zero-order chi connectivity index (χ0) is 115. The summed E-state index contributed by atoms with van der Waals surface area (Å²) in [5.41, 5.74) is -5.09. The highest BCUT2D eigenvalue weighted by Gasteiger charge is 2.46. The molecule has 0 aromatic carbocycles. The second-order valence-electron chi connectivity index (χ2n) is 51.4. The van der Waals surface area contributed by atoms with E-state index >= 15 is 0 Å². The summed E-state index contributed by atoms with van der Waals surface area (Å²) in [5.74, 6) is 1.66. The fraction of sp³-hybridized carbons (Fsp3) is 0.920. The number of carbonyl (C=O) groups is 10. The minimum atomic E-state index is -0.372. The summed E-state index contributed by atoms with van der Waals surface area (Å²) in [7, 11) is 0. The van der Waals surface area contributed by atoms with Crippen molar-refractivity contribution in [3.05, 3.63) is 0 Å². The van der Waals surface area contributed by atoms with Crippen molar-refractivity contribution >= 4 is 59.7 Å². The van der Waals surface area contributed by atoms with Crippen LogP contribution in [0.15, 0.2) is 0 Å². The van der Waals surface area contributed by atoms with E-state index in [9.17, 15) is 47.9 Å². The predicted molar refractivity (Wildman–Crippen MR) is 606 cm³/mol. The average Bonchev–Trinajstić information content (AvgIpc) is 0.793. The summed E-state index contributed by atoms with van der Waals surface area (Å²) < 4.78 is 55.6. The Morgan fingerprint density at radius 2 is 0.421 bits per heavy atom. The molecule has 0 aliphatic heterocycles. The van der Waals surface area contributed by atoms with Crippen LogP contribution < -0.4 is 0 Å². The Morgan fingerprint density at radius 3 is 0.683 bits per heavy atom. The molecule has 4 saturated carbocycles. The van der Waals surface area contributed by atoms with Crippen LogP contribution in [0.4, 0.5) is 0 Å². The van der Waals surface area contributed by atoms with Gasteiger partial charge >= 0.3 is 59.7 Å². The SMILES string of the molecule is CCC(C)(C)C(=O)OC(C)(C)C.CCC(C)(C)C(=O)OC(C)(C)C1CCCCC1.CCC(C)(C)C(=O)OC(C)(CC)C1CCCCC1.CCC(C)(C)C(=O)OC(CC)(CC)C1CCCCC1.CCC(C)(C)OC(=O)C(C)(C)CC.CCC(C)(CC)OC(=O)C(C)(C)CC.CCC(C)C(=O)OC(C)(C)C.CCC(C)C(=O)OC(C)(C)C1CCCCC1.CCC(C)C(=O)OC(C)(C)CC.CCC(C)C(=O)OC(C)(CC)CC. The van der Waals surface area contributed by atoms with Gasteiger partial charge in [-0.25, -0.2) is 0 Å². The van der Waals surface area contributed by atoms with Crippen LogP contribution in [0.3, 0.4) is 0 Å². The van der Waals surface area contributed by atoms with Gasteiger partial charge in [-0.15, -0.1) is 0 Å². The molecule has 0 aromatic heterocycles. The molecule has 0 bridgehead atoms. The second kappa shape index (κ2) is 70.1. The van der Waals surface area contributed by atoms with E-state index in [0.717, 1.165) is 122 Å². The van der Waals surface area contributed by atoms with Crippen LogP contribution in [-0.4, -0.2) is 116 Å². The number of hydrogen-bond donors (Lipinski definition) is 0. The van der Waals surface area contributed by atoms with Gasteiger partial charge in [0.05, 0.1) is 56.2 Å². The van der Waals surface area contributed by atoms with Gasteiger partial charge in [0, 0.05) is 0 Å². The summed E-state index contributed by atoms with van der Waals surface area (Å²) in [4.78, 5) is 118. The first-order valence-electron chi connectivity index (χ1n) is 58.4. The zero-order valence-corrected chi connectivity index (χ0v) is 105. The normalized spacial score (nSPS) is 16.5. The highest BCUT2D eigenvalue weighted by molar-refractivity contribution is 5.79. The summed E-state index contributed by atoms with van der Waals surface area (Å²) >= 11 is 0. The molecular weight excluding hydrogens is 1820 g/mol. The molecule has 0 aromatic rings. The molecule has 0 amide bonds. The first kappa shape index (κ1) is 150. The maximum Gasteiger partial charge on any atom is 0.312 e. The maximum absolute atomic E-state index is 12.4. The van der Waals surface area contributed by atoms with Gasteiger partial charge in [-0.05, 0) is 398 Å². The summed E-state index contributed by atoms with van der Waals surface area (Å²) in [6, 6.07) is 0. The van der Waals surface area contributed by atoms with Crippen LogP contribution in [0.5, 0.6) is 0 Å². The molecule has 20 heteroatoms. The lowest BCUT2D eigenvalue weighted by atomic mass is 9.73. The molecule has 5 atom stereocenters. The van der Waals surface area contributed by atoms with E-state index in [0.29, 0.717) is 23.7 Å². The minimum Gasteiger partial charge on any atom is -0.460 e. The fourth-order valence-electron chi connectivity index (χ4n) is 14.8. The molecule has 0 spiro atoms. The third-order valence-corrected chi connectivity index (χ3v) is 32.8. The van der Waals surface area contributed by atoms with E-state index in [4.69, 9.17) is 47.4 Å². The largest absolute Gasteiger partial charge is 0.460 e. The number of ether oxygens (including phenoxy) is 10. The van der Waals surface area contributed by atoms with Gasteiger partial charge in [0.25, 0.3) is 0 Å². The zero-order valence-electron chi connectivity index (χ0n) is 105. The Morgan fingerprint density at radius 1 is 0.200 bits per heavy atom. The van der Waals surface area contributed by atoms with E-state index in [-0.39, 0.29) is 172 Å². The Bertz CT molecular complexity index is 3530. The van der Waals surface area contributed by atoms with Gasteiger partial charge < -0.3 is 47.4 Å². The van der Waals surface area contributed by atoms with Crippen molar-refractivity contribution in [2.75, 3.05) is 0 Å². The number of esters is 10. The molecule has 0 radical (unpaired) electrons. The molecule has 5 unspecified atom stereocenters. The highest BCUT2D eigenvalue weighted by Crippen LogP contribution is 2.45. The lowest BCUT2D eigenvalue weighted by Crippen LogP contribution is -2.45. The van der Waals surface area contributed by atoms with Crippen LogP contribution in [-0.2, 0) is 95.3 Å². The molecule has 20 nitrogen and oxygen atoms in total. The molecule has 0 heterocycles. The van der Waals surface area contributed by atoms with Crippen molar-refractivity contribution in [1.29, 1.82) is 0 Å². The topological polar surface area (TPSA) is 263 Å². The van der Waals surface area contributed by atoms with Crippen molar-refractivity contribution in [1.82, 2.24) is 0 Å². The lowest BCUT2D eigenvalue weighted by molar-refractivity contribution is -0.180. The van der Waals surface area contributed by atoms with Crippen molar-refractivity contribution < 1.29 is 95.3 Å². The van der Waals surface area contributed by atoms with Gasteiger partial charge in [-0.3, -0.25) is 47.9 Å². The van der Waals surface area contributed by atoms with E-state index in [1.807, 2.05) is 284 Å². The molecule has 0 N–H and O–H groups in total. The molecule has 4 aliphatic rings. The smallest absolute Gasteiger partial charge is 0.312 e. The quantitative estimate of drug-likeness (QED) is 0.0407. The first-order valence-corrected chi connectivity index (χ1v) is 58.4. The Kier molecular flexibility index (Phi) is 72.7. The van der Waals surface area contributed by atoms with Crippen molar-refractivity contribution in [2.45, 2.75) is 666 Å². The van der Waals surface area contributed by atoms with Crippen LogP contribution >= 0.6 is 0 Å². The van der Waals surface area contributed by atoms with Crippen LogP contribution in [0.2, 0.25) is 0 Å². The first-order chi connectivity index (χ1) is 66.1. The van der Waals surface area contributed by atoms with Crippen molar-refractivity contribution in [3.8, 4) is 0 Å². The second-order valence-corrected chi connectivity index (χ2v) is 51.4. The van der Waals surface area contributed by atoms with Crippen LogP contribution in [0.25, 0.3) is 0 Å². The number of rotatable bonds is 41. The van der Waals surface area contributed by atoms with E-state index in [1.54, 1.807) is 0 Å². The maximum atomic E-state index is 12.4. The molecule has 862 valence electrons. The summed E-state index contributed by atoms with van der Waals surface area (Å²) in [6.45, 7) is 103. The standard InChI is InChI=1S/C17H32O2.C16H30O2.C15H28O2.C14H26O2.C12H24O2.2C11H22O2.2C10H20O2.C9H18O2/c1-6-16(4,5)15(18)19-17(7-2,8-3)14-12-10-9-11-13-14;1-6-15(3,4)14(17)18-16(5,7-2)13-11-9-8-10-12-13;1-6-14(2,3)13(16)17-15(4,5)12-10-8-7-9-11-12;1-5-11(2)13(15)16-14(3,4)12-9-7-6-8-10-12;1-7-11(4,5)10(13)14-12(6,8-2)9-3;1-7-10(3,4)9(12)13-11(5,6)8-2;1-6-9(4)10(12)13-11(5,7-2)8-3;1-7-10(5,6)8(11)12-9(2,3)4;1-6-8(3)9(11)12-10(4,5)7-2;1-6-7(2)8(10)11-9(3,4)5/h14H,6-13H2,1-5H3;13H,6-12H2,1-5H3;12H,6-11H2,1-5H3;11-12H,5-10H2,1-4H3;7-9H2,1-6H3;7-8H2,1-6H3;9H,6-8H2,1-5H3;7H2,1-6H3;8H,6-7H2,1-5H3;7H,6H2,1-5H3. The van der Waals surface area contributed by atoms with E-state index in [2.05, 4.69) is 76.2 Å². The molecule has 145 heavy (non-hydrogen) atoms. The lowest BCUT2D eigenvalue weighted by Gasteiger charge is -2.42. The van der Waals surface area contributed by atoms with Crippen LogP contribution in [0.1, 0.15) is 610 Å². The Labute approximate surface area is 896 Å². The van der Waals surface area contributed by atoms with Crippen molar-refractivity contribution in [3.63, 3.8) is 0 Å². The minimum absolute atomic E-state index is 0.00993. The molecule has 4 aliphatic carbocycles. The van der Waals surface area contributed by atoms with E-state index < -0.39 is 0 Å². The molecule has 4 rings (SSSR count). The third kappa shape index (κ3) is 61.3. The number of hydrogen-bond acceptors (Lipinski definition) is 20. The average molecular weight is 2070 g/mol. The Hall–Kier alpha value is -5.30. The molecule has 4 fully saturated rings. The monoisotopic (exact) mass is 2060 g/mol. The van der Waals surface area contributed by atoms with Crippen molar-refractivity contribution in [2.24, 2.45) is 79.8 Å². The van der Waals surface area contributed by atoms with Gasteiger partial charge in [-0.1, -0.05) is 236 Å². The fourth-order valence-corrected chi connectivity index (χ4v) is 14.8. The predicted octanol–water partition coefficient (Wildman–Crippen LogP) is 35.8.